The van der Waals surface area contributed by atoms with E-state index in [4.69, 9.17) is 0 Å². The van der Waals surface area contributed by atoms with Crippen molar-refractivity contribution < 1.29 is 0 Å². The fourth-order valence-corrected chi connectivity index (χ4v) is 4.30. The summed E-state index contributed by atoms with van der Waals surface area (Å²) in [6, 6.07) is 14.6. The van der Waals surface area contributed by atoms with Gasteiger partial charge in [-0.3, -0.25) is 4.98 Å². The number of hydrogen-bond acceptors (Lipinski definition) is 3. The quantitative estimate of drug-likeness (QED) is 0.423. The molecule has 0 aliphatic carbocycles. The first kappa shape index (κ1) is 14.2. The van der Waals surface area contributed by atoms with Crippen molar-refractivity contribution in [2.45, 2.75) is 15.4 Å². The highest BCUT2D eigenvalue weighted by atomic mass is 32.2. The number of allylic oxidation sites excluding steroid dienone is 1. The molecule has 1 unspecified atom stereocenters. The number of benzene rings is 1. The van der Waals surface area contributed by atoms with Gasteiger partial charge in [0.05, 0.1) is 4.08 Å². The van der Waals surface area contributed by atoms with Gasteiger partial charge in [0.25, 0.3) is 0 Å². The average molecular weight is 287 g/mol. The third-order valence-corrected chi connectivity index (χ3v) is 5.92. The molecule has 98 valence electrons. The van der Waals surface area contributed by atoms with E-state index in [2.05, 4.69) is 48.2 Å². The molecule has 1 aromatic heterocycles. The monoisotopic (exact) mass is 287 g/mol. The van der Waals surface area contributed by atoms with E-state index in [-0.39, 0.29) is 4.08 Å². The summed E-state index contributed by atoms with van der Waals surface area (Å²) in [5.74, 6) is 0. The summed E-state index contributed by atoms with van der Waals surface area (Å²) < 4.78 is -0.0582. The molecule has 1 atom stereocenters. The van der Waals surface area contributed by atoms with Crippen molar-refractivity contribution in [3.63, 3.8) is 0 Å². The topological polar surface area (TPSA) is 12.9 Å². The summed E-state index contributed by atoms with van der Waals surface area (Å²) >= 11 is 3.71. The molecule has 2 rings (SSSR count). The van der Waals surface area contributed by atoms with Crippen molar-refractivity contribution in [3.8, 4) is 0 Å². The van der Waals surface area contributed by atoms with Crippen LogP contribution < -0.4 is 0 Å². The maximum atomic E-state index is 4.26. The average Bonchev–Trinajstić information content (AvgIpc) is 2.49. The number of rotatable bonds is 6. The number of hydrogen-bond donors (Lipinski definition) is 0. The van der Waals surface area contributed by atoms with Crippen LogP contribution in [-0.2, 0) is 4.08 Å². The zero-order valence-corrected chi connectivity index (χ0v) is 12.6. The van der Waals surface area contributed by atoms with Crippen molar-refractivity contribution in [1.82, 2.24) is 4.98 Å². The second-order valence-corrected chi connectivity index (χ2v) is 6.84. The lowest BCUT2D eigenvalue weighted by Gasteiger charge is -2.30. The van der Waals surface area contributed by atoms with E-state index in [9.17, 15) is 0 Å². The molecule has 0 aliphatic heterocycles. The Morgan fingerprint density at radius 3 is 2.58 bits per heavy atom. The summed E-state index contributed by atoms with van der Waals surface area (Å²) in [6.45, 7) is 3.91. The van der Waals surface area contributed by atoms with Crippen LogP contribution in [0.3, 0.4) is 0 Å². The largest absolute Gasteiger partial charge is 0.264 e. The van der Waals surface area contributed by atoms with E-state index in [0.29, 0.717) is 0 Å². The Kier molecular flexibility index (Phi) is 5.11. The third-order valence-electron chi connectivity index (χ3n) is 2.87. The van der Waals surface area contributed by atoms with Crippen LogP contribution in [0, 0.1) is 0 Å². The molecule has 0 N–H and O–H groups in total. The lowest BCUT2D eigenvalue weighted by atomic mass is 10.1. The molecular formula is C16H17NS2. The van der Waals surface area contributed by atoms with E-state index in [1.807, 2.05) is 54.1 Å². The van der Waals surface area contributed by atoms with Crippen LogP contribution >= 0.6 is 23.5 Å². The molecular weight excluding hydrogens is 270 g/mol. The molecule has 3 heteroatoms. The van der Waals surface area contributed by atoms with Gasteiger partial charge in [-0.15, -0.1) is 30.1 Å². The Morgan fingerprint density at radius 1 is 1.21 bits per heavy atom. The van der Waals surface area contributed by atoms with Crippen LogP contribution in [0.2, 0.25) is 0 Å². The molecule has 0 fully saturated rings. The second-order valence-electron chi connectivity index (χ2n) is 4.11. The first-order valence-electron chi connectivity index (χ1n) is 6.11. The molecule has 0 spiro atoms. The van der Waals surface area contributed by atoms with E-state index in [1.165, 1.54) is 10.5 Å². The summed E-state index contributed by atoms with van der Waals surface area (Å²) in [5.41, 5.74) is 1.23. The maximum Gasteiger partial charge on any atom is 0.0952 e. The standard InChI is InChI=1S/C16H17NS2/c1-3-11-16(18-2,14-8-7-12-17-13-14)19-15-9-5-4-6-10-15/h3-10,12-13H,1,11H2,2H3. The Hall–Kier alpha value is -1.19. The Balaban J connectivity index is 2.37. The molecule has 0 amide bonds. The van der Waals surface area contributed by atoms with Gasteiger partial charge in [0, 0.05) is 17.3 Å². The SMILES string of the molecule is C=CCC(SC)(Sc1ccccc1)c1cccnc1. The molecule has 1 aromatic carbocycles. The fourth-order valence-electron chi connectivity index (χ4n) is 1.92. The highest BCUT2D eigenvalue weighted by Crippen LogP contribution is 2.51. The summed E-state index contributed by atoms with van der Waals surface area (Å²) in [4.78, 5) is 5.53. The molecule has 0 radical (unpaired) electrons. The van der Waals surface area contributed by atoms with Crippen LogP contribution in [0.4, 0.5) is 0 Å². The molecule has 1 nitrogen and oxygen atoms in total. The third kappa shape index (κ3) is 3.43. The van der Waals surface area contributed by atoms with Crippen molar-refractivity contribution in [2.75, 3.05) is 6.26 Å². The molecule has 0 aliphatic rings. The summed E-state index contributed by atoms with van der Waals surface area (Å²) in [6.07, 6.45) is 8.80. The zero-order valence-electron chi connectivity index (χ0n) is 11.0. The minimum atomic E-state index is -0.0582. The Morgan fingerprint density at radius 2 is 2.00 bits per heavy atom. The van der Waals surface area contributed by atoms with Gasteiger partial charge in [-0.1, -0.05) is 30.3 Å². The number of pyridine rings is 1. The highest BCUT2D eigenvalue weighted by molar-refractivity contribution is 8.17. The molecule has 0 saturated heterocycles. The van der Waals surface area contributed by atoms with Gasteiger partial charge >= 0.3 is 0 Å². The minimum absolute atomic E-state index is 0.0582. The van der Waals surface area contributed by atoms with Crippen LogP contribution in [0.25, 0.3) is 0 Å². The Bertz CT molecular complexity index is 513. The predicted molar refractivity (Wildman–Crippen MR) is 86.5 cm³/mol. The van der Waals surface area contributed by atoms with Gasteiger partial charge in [-0.05, 0) is 36.4 Å². The van der Waals surface area contributed by atoms with Crippen LogP contribution in [0.5, 0.6) is 0 Å². The van der Waals surface area contributed by atoms with Crippen LogP contribution in [0.1, 0.15) is 12.0 Å². The van der Waals surface area contributed by atoms with Gasteiger partial charge in [-0.25, -0.2) is 0 Å². The van der Waals surface area contributed by atoms with Crippen molar-refractivity contribution in [2.24, 2.45) is 0 Å². The van der Waals surface area contributed by atoms with Crippen molar-refractivity contribution in [3.05, 3.63) is 73.1 Å². The molecule has 2 aromatic rings. The van der Waals surface area contributed by atoms with Gasteiger partial charge in [0.1, 0.15) is 0 Å². The maximum absolute atomic E-state index is 4.26. The number of aromatic nitrogens is 1. The van der Waals surface area contributed by atoms with Gasteiger partial charge in [0.15, 0.2) is 0 Å². The first-order chi connectivity index (χ1) is 9.30. The van der Waals surface area contributed by atoms with E-state index in [1.54, 1.807) is 0 Å². The predicted octanol–water partition coefficient (Wildman–Crippen LogP) is 4.97. The summed E-state index contributed by atoms with van der Waals surface area (Å²) in [7, 11) is 0. The second kappa shape index (κ2) is 6.83. The van der Waals surface area contributed by atoms with Crippen molar-refractivity contribution >= 4 is 23.5 Å². The Labute approximate surface area is 123 Å². The van der Waals surface area contributed by atoms with Crippen molar-refractivity contribution in [1.29, 1.82) is 0 Å². The molecule has 0 saturated carbocycles. The molecule has 0 bridgehead atoms. The van der Waals surface area contributed by atoms with Gasteiger partial charge in [0.2, 0.25) is 0 Å². The van der Waals surface area contributed by atoms with Crippen LogP contribution in [0.15, 0.2) is 72.4 Å². The number of thioether (sulfide) groups is 2. The lowest BCUT2D eigenvalue weighted by molar-refractivity contribution is 0.889. The normalized spacial score (nSPS) is 13.7. The lowest BCUT2D eigenvalue weighted by Crippen LogP contribution is -2.16. The molecule has 19 heavy (non-hydrogen) atoms. The number of nitrogens with zero attached hydrogens (tertiary/aromatic N) is 1. The first-order valence-corrected chi connectivity index (χ1v) is 8.15. The van der Waals surface area contributed by atoms with E-state index < -0.39 is 0 Å². The smallest absolute Gasteiger partial charge is 0.0952 e. The molecule has 1 heterocycles. The van der Waals surface area contributed by atoms with Crippen LogP contribution in [-0.4, -0.2) is 11.2 Å². The van der Waals surface area contributed by atoms with E-state index in [0.717, 1.165) is 6.42 Å². The zero-order chi connectivity index (χ0) is 13.6. The highest BCUT2D eigenvalue weighted by Gasteiger charge is 2.31. The minimum Gasteiger partial charge on any atom is -0.264 e. The van der Waals surface area contributed by atoms with Gasteiger partial charge in [-0.2, -0.15) is 0 Å². The van der Waals surface area contributed by atoms with E-state index >= 15 is 0 Å². The van der Waals surface area contributed by atoms with Gasteiger partial charge < -0.3 is 0 Å². The summed E-state index contributed by atoms with van der Waals surface area (Å²) in [5, 5.41) is 0. The fraction of sp³-hybridized carbons (Fsp3) is 0.188.